The first-order valence-electron chi connectivity index (χ1n) is 9.77. The molecule has 0 spiro atoms. The highest BCUT2D eigenvalue weighted by Gasteiger charge is 2.19. The molecule has 32 heavy (non-hydrogen) atoms. The molecule has 0 radical (unpaired) electrons. The van der Waals surface area contributed by atoms with Crippen LogP contribution in [0.1, 0.15) is 16.9 Å². The van der Waals surface area contributed by atoms with Gasteiger partial charge in [-0.25, -0.2) is 0 Å². The fraction of sp³-hybridized carbons (Fsp3) is 0.261. The summed E-state index contributed by atoms with van der Waals surface area (Å²) in [5.41, 5.74) is 1.52. The van der Waals surface area contributed by atoms with E-state index in [0.29, 0.717) is 17.1 Å². The molecule has 1 amide bonds. The number of rotatable bonds is 10. The molecule has 0 unspecified atom stereocenters. The normalized spacial score (nSPS) is 11.1. The summed E-state index contributed by atoms with van der Waals surface area (Å²) in [6, 6.07) is 15.7. The molecule has 1 aromatic heterocycles. The maximum atomic E-state index is 13.1. The Hall–Kier alpha value is -3.46. The van der Waals surface area contributed by atoms with Gasteiger partial charge in [-0.2, -0.15) is 8.42 Å². The van der Waals surface area contributed by atoms with Crippen LogP contribution in [-0.4, -0.2) is 39.7 Å². The second kappa shape index (κ2) is 10.2. The fourth-order valence-corrected chi connectivity index (χ4v) is 3.58. The van der Waals surface area contributed by atoms with Crippen LogP contribution >= 0.6 is 0 Å². The van der Waals surface area contributed by atoms with Crippen LogP contribution in [-0.2, 0) is 34.4 Å². The molecule has 0 saturated heterocycles. The van der Waals surface area contributed by atoms with Gasteiger partial charge in [0, 0.05) is 6.54 Å². The number of furan rings is 1. The third-order valence-corrected chi connectivity index (χ3v) is 5.12. The topological polar surface area (TPSA) is 95.3 Å². The van der Waals surface area contributed by atoms with Crippen molar-refractivity contribution in [2.24, 2.45) is 0 Å². The average molecular weight is 460 g/mol. The molecule has 0 bridgehead atoms. The Bertz CT molecular complexity index is 1140. The fourth-order valence-electron chi connectivity index (χ4n) is 3.12. The molecule has 8 nitrogen and oxygen atoms in total. The monoisotopic (exact) mass is 459 g/mol. The van der Waals surface area contributed by atoms with Gasteiger partial charge in [-0.1, -0.05) is 18.2 Å². The first kappa shape index (κ1) is 23.2. The lowest BCUT2D eigenvalue weighted by Gasteiger charge is -2.23. The molecule has 0 aliphatic rings. The van der Waals surface area contributed by atoms with Crippen LogP contribution < -0.4 is 13.7 Å². The van der Waals surface area contributed by atoms with E-state index in [1.165, 1.54) is 7.11 Å². The number of hydrogen-bond acceptors (Lipinski definition) is 7. The zero-order chi connectivity index (χ0) is 23.1. The van der Waals surface area contributed by atoms with E-state index in [2.05, 4.69) is 0 Å². The smallest absolute Gasteiger partial charge is 0.306 e. The predicted octanol–water partition coefficient (Wildman–Crippen LogP) is 3.41. The van der Waals surface area contributed by atoms with Crippen molar-refractivity contribution in [3.8, 4) is 17.2 Å². The highest BCUT2D eigenvalue weighted by atomic mass is 32.2. The van der Waals surface area contributed by atoms with Crippen LogP contribution in [0.5, 0.6) is 17.2 Å². The Balaban J connectivity index is 1.83. The molecule has 0 saturated carbocycles. The van der Waals surface area contributed by atoms with Crippen LogP contribution in [0.25, 0.3) is 0 Å². The number of carbonyl (C=O) groups is 1. The molecule has 0 N–H and O–H groups in total. The van der Waals surface area contributed by atoms with Gasteiger partial charge < -0.3 is 23.0 Å². The van der Waals surface area contributed by atoms with E-state index in [-0.39, 0.29) is 36.9 Å². The zero-order valence-electron chi connectivity index (χ0n) is 18.1. The first-order valence-corrected chi connectivity index (χ1v) is 11.6. The summed E-state index contributed by atoms with van der Waals surface area (Å²) in [6.07, 6.45) is 2.70. The van der Waals surface area contributed by atoms with Crippen molar-refractivity contribution in [1.82, 2.24) is 4.90 Å². The lowest BCUT2D eigenvalue weighted by atomic mass is 10.1. The zero-order valence-corrected chi connectivity index (χ0v) is 18.9. The van der Waals surface area contributed by atoms with Gasteiger partial charge in [0.25, 0.3) is 0 Å². The molecule has 3 rings (SSSR count). The van der Waals surface area contributed by atoms with Crippen molar-refractivity contribution < 1.29 is 31.3 Å². The largest absolute Gasteiger partial charge is 0.497 e. The maximum Gasteiger partial charge on any atom is 0.306 e. The van der Waals surface area contributed by atoms with Crippen LogP contribution in [0.2, 0.25) is 0 Å². The number of ether oxygens (including phenoxy) is 2. The maximum absolute atomic E-state index is 13.1. The van der Waals surface area contributed by atoms with E-state index in [1.54, 1.807) is 60.7 Å². The molecule has 0 atom stereocenters. The average Bonchev–Trinajstić information content (AvgIpc) is 3.26. The van der Waals surface area contributed by atoms with Gasteiger partial charge in [0.05, 0.1) is 39.7 Å². The Morgan fingerprint density at radius 3 is 2.25 bits per heavy atom. The van der Waals surface area contributed by atoms with Crippen molar-refractivity contribution in [3.05, 3.63) is 77.7 Å². The van der Waals surface area contributed by atoms with Crippen LogP contribution in [0, 0.1) is 0 Å². The minimum Gasteiger partial charge on any atom is -0.497 e. The van der Waals surface area contributed by atoms with E-state index in [0.717, 1.165) is 11.8 Å². The van der Waals surface area contributed by atoms with Crippen molar-refractivity contribution >= 4 is 16.0 Å². The molecule has 0 aliphatic carbocycles. The molecule has 0 aliphatic heterocycles. The summed E-state index contributed by atoms with van der Waals surface area (Å²) in [6.45, 7) is 0.482. The Morgan fingerprint density at radius 2 is 1.66 bits per heavy atom. The standard InChI is InChI=1S/C23H25NO7S/c1-28-19-9-6-17(7-10-19)14-23(25)24(16-20-5-4-12-30-20)15-18-8-11-21(29-2)22(13-18)31-32(3,26)27/h4-13H,14-16H2,1-3H3. The molecule has 3 aromatic rings. The Kier molecular flexibility index (Phi) is 7.42. The number of nitrogens with zero attached hydrogens (tertiary/aromatic N) is 1. The van der Waals surface area contributed by atoms with E-state index in [4.69, 9.17) is 18.1 Å². The highest BCUT2D eigenvalue weighted by molar-refractivity contribution is 7.86. The molecule has 2 aromatic carbocycles. The minimum atomic E-state index is -3.74. The summed E-state index contributed by atoms with van der Waals surface area (Å²) in [4.78, 5) is 14.8. The van der Waals surface area contributed by atoms with Gasteiger partial charge in [-0.15, -0.1) is 0 Å². The lowest BCUT2D eigenvalue weighted by Crippen LogP contribution is -2.31. The predicted molar refractivity (Wildman–Crippen MR) is 118 cm³/mol. The van der Waals surface area contributed by atoms with Gasteiger partial charge in [0.1, 0.15) is 11.5 Å². The van der Waals surface area contributed by atoms with Gasteiger partial charge in [0.2, 0.25) is 5.91 Å². The number of carbonyl (C=O) groups excluding carboxylic acids is 1. The third kappa shape index (κ3) is 6.52. The van der Waals surface area contributed by atoms with Crippen molar-refractivity contribution in [3.63, 3.8) is 0 Å². The summed E-state index contributed by atoms with van der Waals surface area (Å²) in [5.74, 6) is 1.57. The lowest BCUT2D eigenvalue weighted by molar-refractivity contribution is -0.132. The Morgan fingerprint density at radius 1 is 0.938 bits per heavy atom. The van der Waals surface area contributed by atoms with Gasteiger partial charge in [-0.05, 0) is 47.5 Å². The summed E-state index contributed by atoms with van der Waals surface area (Å²) >= 11 is 0. The SMILES string of the molecule is COc1ccc(CC(=O)N(Cc2ccc(OC)c(OS(C)(=O)=O)c2)Cc2ccco2)cc1. The number of methoxy groups -OCH3 is 2. The van der Waals surface area contributed by atoms with E-state index >= 15 is 0 Å². The number of hydrogen-bond donors (Lipinski definition) is 0. The van der Waals surface area contributed by atoms with E-state index in [9.17, 15) is 13.2 Å². The number of benzene rings is 2. The third-order valence-electron chi connectivity index (χ3n) is 4.64. The van der Waals surface area contributed by atoms with Gasteiger partial charge in [0.15, 0.2) is 11.5 Å². The molecular formula is C23H25NO7S. The number of amides is 1. The van der Waals surface area contributed by atoms with Crippen LogP contribution in [0.3, 0.4) is 0 Å². The van der Waals surface area contributed by atoms with Crippen LogP contribution in [0.4, 0.5) is 0 Å². The highest BCUT2D eigenvalue weighted by Crippen LogP contribution is 2.30. The summed E-state index contributed by atoms with van der Waals surface area (Å²) < 4.78 is 44.0. The molecule has 1 heterocycles. The van der Waals surface area contributed by atoms with Gasteiger partial charge in [-0.3, -0.25) is 4.79 Å². The minimum absolute atomic E-state index is 0.0630. The van der Waals surface area contributed by atoms with Crippen molar-refractivity contribution in [2.45, 2.75) is 19.5 Å². The second-order valence-corrected chi connectivity index (χ2v) is 8.70. The molecule has 0 fully saturated rings. The quantitative estimate of drug-likeness (QED) is 0.429. The van der Waals surface area contributed by atoms with E-state index < -0.39 is 10.1 Å². The summed E-state index contributed by atoms with van der Waals surface area (Å²) in [5, 5.41) is 0. The van der Waals surface area contributed by atoms with E-state index in [1.807, 2.05) is 12.1 Å². The summed E-state index contributed by atoms with van der Waals surface area (Å²) in [7, 11) is -0.737. The molecular weight excluding hydrogens is 434 g/mol. The Labute approximate surface area is 187 Å². The molecule has 9 heteroatoms. The second-order valence-electron chi connectivity index (χ2n) is 7.13. The van der Waals surface area contributed by atoms with Crippen LogP contribution in [0.15, 0.2) is 65.3 Å². The van der Waals surface area contributed by atoms with Crippen molar-refractivity contribution in [1.29, 1.82) is 0 Å². The first-order chi connectivity index (χ1) is 15.3. The van der Waals surface area contributed by atoms with Crippen molar-refractivity contribution in [2.75, 3.05) is 20.5 Å². The molecule has 170 valence electrons. The van der Waals surface area contributed by atoms with Gasteiger partial charge >= 0.3 is 10.1 Å².